The van der Waals surface area contributed by atoms with Gasteiger partial charge in [0.15, 0.2) is 5.11 Å². The van der Waals surface area contributed by atoms with Crippen LogP contribution in [-0.2, 0) is 13.1 Å². The molecule has 3 heteroatoms. The highest BCUT2D eigenvalue weighted by atomic mass is 32.1. The Balaban J connectivity index is 1.78. The number of nitrogens with zero attached hydrogens (tertiary/aromatic N) is 1. The van der Waals surface area contributed by atoms with Gasteiger partial charge in [-0.25, -0.2) is 0 Å². The summed E-state index contributed by atoms with van der Waals surface area (Å²) in [6.07, 6.45) is 1.83. The van der Waals surface area contributed by atoms with Crippen LogP contribution in [0.4, 0.5) is 0 Å². The first kappa shape index (κ1) is 19.2. The summed E-state index contributed by atoms with van der Waals surface area (Å²) in [5, 5.41) is 9.11. The quantitative estimate of drug-likeness (QED) is 0.242. The van der Waals surface area contributed by atoms with Crippen LogP contribution in [0.1, 0.15) is 11.1 Å². The number of benzene rings is 4. The average molecular weight is 397 g/mol. The van der Waals surface area contributed by atoms with Crippen LogP contribution in [0.25, 0.3) is 21.5 Å². The van der Waals surface area contributed by atoms with Crippen LogP contribution >= 0.6 is 12.2 Å². The molecule has 2 nitrogen and oxygen atoms in total. The molecule has 4 rings (SSSR count). The number of fused-ring (bicyclic) bond motifs is 2. The normalized spacial score (nSPS) is 10.8. The average Bonchev–Trinajstić information content (AvgIpc) is 2.77. The van der Waals surface area contributed by atoms with Crippen molar-refractivity contribution in [1.29, 1.82) is 0 Å². The topological polar surface area (TPSA) is 15.3 Å². The molecule has 4 aromatic carbocycles. The van der Waals surface area contributed by atoms with Crippen molar-refractivity contribution in [3.8, 4) is 0 Å². The molecule has 4 aromatic rings. The fraction of sp³-hybridized carbons (Fsp3) is 0.115. The third-order valence-corrected chi connectivity index (χ3v) is 5.54. The molecule has 0 spiro atoms. The molecular formula is C26H24N2S. The molecule has 1 N–H and O–H groups in total. The molecule has 0 saturated carbocycles. The zero-order chi connectivity index (χ0) is 20.1. The molecule has 29 heavy (non-hydrogen) atoms. The molecule has 0 saturated heterocycles. The molecule has 0 bridgehead atoms. The Morgan fingerprint density at radius 2 is 1.41 bits per heavy atom. The molecular weight excluding hydrogens is 372 g/mol. The first-order valence-corrected chi connectivity index (χ1v) is 10.2. The van der Waals surface area contributed by atoms with Gasteiger partial charge in [-0.05, 0) is 51.0 Å². The molecule has 0 radical (unpaired) electrons. The molecule has 0 aliphatic heterocycles. The van der Waals surface area contributed by atoms with Crippen molar-refractivity contribution < 1.29 is 0 Å². The van der Waals surface area contributed by atoms with Gasteiger partial charge in [-0.15, -0.1) is 6.58 Å². The number of hydrogen-bond acceptors (Lipinski definition) is 1. The fourth-order valence-corrected chi connectivity index (χ4v) is 3.96. The van der Waals surface area contributed by atoms with E-state index in [1.807, 2.05) is 12.1 Å². The molecule has 0 aliphatic rings. The maximum atomic E-state index is 5.75. The standard InChI is InChI=1S/C26H24N2S/c1-2-16-27-26(29)28(18-20-10-4-3-5-11-20)19-25-23-14-8-6-12-21(23)17-22-13-7-9-15-24(22)25/h2-15,17H,1,16,18-19H2,(H,27,29). The summed E-state index contributed by atoms with van der Waals surface area (Å²) in [4.78, 5) is 2.24. The lowest BCUT2D eigenvalue weighted by Crippen LogP contribution is -2.39. The van der Waals surface area contributed by atoms with Gasteiger partial charge in [0.25, 0.3) is 0 Å². The Bertz CT molecular complexity index is 1100. The van der Waals surface area contributed by atoms with Crippen LogP contribution in [-0.4, -0.2) is 16.6 Å². The number of thiocarbonyl (C=S) groups is 1. The highest BCUT2D eigenvalue weighted by Crippen LogP contribution is 2.30. The first-order valence-electron chi connectivity index (χ1n) is 9.83. The van der Waals surface area contributed by atoms with Gasteiger partial charge in [0, 0.05) is 19.6 Å². The van der Waals surface area contributed by atoms with E-state index in [9.17, 15) is 0 Å². The van der Waals surface area contributed by atoms with Crippen molar-refractivity contribution in [2.45, 2.75) is 13.1 Å². The highest BCUT2D eigenvalue weighted by molar-refractivity contribution is 7.80. The van der Waals surface area contributed by atoms with E-state index < -0.39 is 0 Å². The maximum Gasteiger partial charge on any atom is 0.169 e. The second-order valence-electron chi connectivity index (χ2n) is 7.11. The van der Waals surface area contributed by atoms with Crippen LogP contribution in [0, 0.1) is 0 Å². The molecule has 0 heterocycles. The van der Waals surface area contributed by atoms with Crippen LogP contribution < -0.4 is 5.32 Å². The Labute approximate surface area is 177 Å². The molecule has 0 aromatic heterocycles. The Morgan fingerprint density at radius 1 is 0.828 bits per heavy atom. The highest BCUT2D eigenvalue weighted by Gasteiger charge is 2.15. The summed E-state index contributed by atoms with van der Waals surface area (Å²) in [7, 11) is 0. The minimum Gasteiger partial charge on any atom is -0.359 e. The van der Waals surface area contributed by atoms with E-state index in [0.29, 0.717) is 6.54 Å². The molecule has 0 fully saturated rings. The first-order chi connectivity index (χ1) is 14.3. The largest absolute Gasteiger partial charge is 0.359 e. The van der Waals surface area contributed by atoms with Gasteiger partial charge in [-0.2, -0.15) is 0 Å². The summed E-state index contributed by atoms with van der Waals surface area (Å²) >= 11 is 5.75. The van der Waals surface area contributed by atoms with E-state index in [2.05, 4.69) is 95.7 Å². The summed E-state index contributed by atoms with van der Waals surface area (Å²) < 4.78 is 0. The lowest BCUT2D eigenvalue weighted by molar-refractivity contribution is 0.404. The summed E-state index contributed by atoms with van der Waals surface area (Å²) in [5.41, 5.74) is 2.54. The van der Waals surface area contributed by atoms with Crippen molar-refractivity contribution in [2.24, 2.45) is 0 Å². The van der Waals surface area contributed by atoms with Crippen LogP contribution in [0.2, 0.25) is 0 Å². The third kappa shape index (κ3) is 4.30. The molecule has 0 unspecified atom stereocenters. The van der Waals surface area contributed by atoms with Gasteiger partial charge in [-0.3, -0.25) is 0 Å². The second-order valence-corrected chi connectivity index (χ2v) is 7.50. The van der Waals surface area contributed by atoms with Crippen molar-refractivity contribution in [1.82, 2.24) is 10.2 Å². The van der Waals surface area contributed by atoms with Crippen molar-refractivity contribution >= 4 is 38.9 Å². The van der Waals surface area contributed by atoms with Gasteiger partial charge in [0.05, 0.1) is 0 Å². The van der Waals surface area contributed by atoms with E-state index in [0.717, 1.165) is 18.2 Å². The number of nitrogens with one attached hydrogen (secondary N) is 1. The fourth-order valence-electron chi connectivity index (χ4n) is 3.74. The minimum absolute atomic E-state index is 0.653. The summed E-state index contributed by atoms with van der Waals surface area (Å²) in [5.74, 6) is 0. The van der Waals surface area contributed by atoms with Crippen LogP contribution in [0.5, 0.6) is 0 Å². The Kier molecular flexibility index (Phi) is 5.87. The smallest absolute Gasteiger partial charge is 0.169 e. The zero-order valence-corrected chi connectivity index (χ0v) is 17.2. The maximum absolute atomic E-state index is 5.75. The predicted octanol–water partition coefficient (Wildman–Crippen LogP) is 6.06. The number of rotatable bonds is 6. The third-order valence-electron chi connectivity index (χ3n) is 5.13. The molecule has 0 aliphatic carbocycles. The van der Waals surface area contributed by atoms with Crippen LogP contribution in [0.3, 0.4) is 0 Å². The minimum atomic E-state index is 0.653. The second kappa shape index (κ2) is 8.89. The predicted molar refractivity (Wildman–Crippen MR) is 128 cm³/mol. The molecule has 0 atom stereocenters. The van der Waals surface area contributed by atoms with Crippen molar-refractivity contribution in [3.63, 3.8) is 0 Å². The summed E-state index contributed by atoms with van der Waals surface area (Å²) in [6.45, 7) is 5.94. The van der Waals surface area contributed by atoms with E-state index in [1.54, 1.807) is 0 Å². The van der Waals surface area contributed by atoms with E-state index >= 15 is 0 Å². The lowest BCUT2D eigenvalue weighted by atomic mass is 9.96. The van der Waals surface area contributed by atoms with E-state index in [-0.39, 0.29) is 0 Å². The zero-order valence-electron chi connectivity index (χ0n) is 16.3. The SMILES string of the molecule is C=CCNC(=S)N(Cc1ccccc1)Cc1c2ccccc2cc2ccccc12. The summed E-state index contributed by atoms with van der Waals surface area (Å²) in [6, 6.07) is 29.9. The van der Waals surface area contributed by atoms with Gasteiger partial charge < -0.3 is 10.2 Å². The van der Waals surface area contributed by atoms with E-state index in [4.69, 9.17) is 12.2 Å². The van der Waals surface area contributed by atoms with Gasteiger partial charge >= 0.3 is 0 Å². The number of hydrogen-bond donors (Lipinski definition) is 1. The van der Waals surface area contributed by atoms with Crippen molar-refractivity contribution in [2.75, 3.05) is 6.54 Å². The van der Waals surface area contributed by atoms with Gasteiger partial charge in [-0.1, -0.05) is 84.9 Å². The monoisotopic (exact) mass is 396 g/mol. The van der Waals surface area contributed by atoms with Crippen molar-refractivity contribution in [3.05, 3.63) is 109 Å². The molecule has 144 valence electrons. The van der Waals surface area contributed by atoms with E-state index in [1.165, 1.54) is 32.7 Å². The van der Waals surface area contributed by atoms with Gasteiger partial charge in [0.2, 0.25) is 0 Å². The Hall–Kier alpha value is -3.17. The van der Waals surface area contributed by atoms with Gasteiger partial charge in [0.1, 0.15) is 0 Å². The Morgan fingerprint density at radius 3 is 2.03 bits per heavy atom. The molecule has 0 amide bonds. The van der Waals surface area contributed by atoms with Crippen LogP contribution in [0.15, 0.2) is 97.6 Å². The lowest BCUT2D eigenvalue weighted by Gasteiger charge is -2.27.